The topological polar surface area (TPSA) is 137 Å². The number of rotatable bonds is 10. The van der Waals surface area contributed by atoms with Crippen molar-refractivity contribution in [3.8, 4) is 0 Å². The molecule has 38 heavy (non-hydrogen) atoms. The molecule has 4 rings (SSSR count). The Balaban J connectivity index is 1.41. The first-order valence-corrected chi connectivity index (χ1v) is 12.9. The van der Waals surface area contributed by atoms with Crippen molar-refractivity contribution in [2.24, 2.45) is 23.3 Å². The van der Waals surface area contributed by atoms with Gasteiger partial charge in [0.25, 0.3) is 11.7 Å². The minimum Gasteiger partial charge on any atom is -0.445 e. The van der Waals surface area contributed by atoms with Gasteiger partial charge >= 0.3 is 6.09 Å². The Morgan fingerprint density at radius 3 is 2.45 bits per heavy atom. The highest BCUT2D eigenvalue weighted by atomic mass is 19.1. The predicted octanol–water partition coefficient (Wildman–Crippen LogP) is 0.881. The van der Waals surface area contributed by atoms with E-state index in [0.29, 0.717) is 24.7 Å². The van der Waals surface area contributed by atoms with Crippen LogP contribution in [0, 0.1) is 17.7 Å². The van der Waals surface area contributed by atoms with Gasteiger partial charge in [0.15, 0.2) is 0 Å². The van der Waals surface area contributed by atoms with Gasteiger partial charge in [0, 0.05) is 24.8 Å². The molecule has 2 fully saturated rings. The molecule has 2 aromatic carbocycles. The molecule has 2 atom stereocenters. The number of amidine groups is 1. The van der Waals surface area contributed by atoms with E-state index in [2.05, 4.69) is 15.6 Å². The van der Waals surface area contributed by atoms with Gasteiger partial charge < -0.3 is 26.0 Å². The number of nitrogens with two attached hydrogens (primary N) is 2. The van der Waals surface area contributed by atoms with E-state index in [1.165, 1.54) is 24.3 Å². The fraction of sp³-hybridized carbons (Fsp3) is 0.393. The number of primary amides is 1. The summed E-state index contributed by atoms with van der Waals surface area (Å²) in [5.74, 6) is -0.334. The summed E-state index contributed by atoms with van der Waals surface area (Å²) in [6.45, 7) is 2.26. The number of carbonyl (C=O) groups excluding carboxylic acids is 2. The van der Waals surface area contributed by atoms with Gasteiger partial charge in [0.2, 0.25) is 0 Å². The summed E-state index contributed by atoms with van der Waals surface area (Å²) in [5.41, 5.74) is 13.2. The van der Waals surface area contributed by atoms with Crippen LogP contribution in [0.4, 0.5) is 14.9 Å². The summed E-state index contributed by atoms with van der Waals surface area (Å²) in [6.07, 6.45) is 3.82. The van der Waals surface area contributed by atoms with Crippen molar-refractivity contribution in [1.82, 2.24) is 15.5 Å². The van der Waals surface area contributed by atoms with Crippen LogP contribution in [0.5, 0.6) is 0 Å². The van der Waals surface area contributed by atoms with Crippen LogP contribution in [0.2, 0.25) is 0 Å². The quantitative estimate of drug-likeness (QED) is 0.178. The molecule has 1 aliphatic heterocycles. The highest BCUT2D eigenvalue weighted by Gasteiger charge is 2.58. The summed E-state index contributed by atoms with van der Waals surface area (Å²) in [5, 5.41) is 6.73. The van der Waals surface area contributed by atoms with Gasteiger partial charge in [-0.1, -0.05) is 30.3 Å². The lowest BCUT2D eigenvalue weighted by atomic mass is 9.85. The molecular formula is C28H36FN6O3+. The van der Waals surface area contributed by atoms with E-state index in [-0.39, 0.29) is 41.4 Å². The Morgan fingerprint density at radius 2 is 1.82 bits per heavy atom. The number of nitrogens with zero attached hydrogens (tertiary/aromatic N) is 1. The summed E-state index contributed by atoms with van der Waals surface area (Å²) in [4.78, 5) is 29.5. The largest absolute Gasteiger partial charge is 0.445 e. The average Bonchev–Trinajstić information content (AvgIpc) is 3.62. The van der Waals surface area contributed by atoms with Gasteiger partial charge in [0.1, 0.15) is 23.7 Å². The number of halogens is 1. The van der Waals surface area contributed by atoms with Crippen LogP contribution < -0.4 is 27.1 Å². The molecule has 2 amide bonds. The Bertz CT molecular complexity index is 1180. The maximum Gasteiger partial charge on any atom is 0.410 e. The van der Waals surface area contributed by atoms with E-state index in [1.807, 2.05) is 37.4 Å². The van der Waals surface area contributed by atoms with E-state index in [4.69, 9.17) is 16.2 Å². The molecule has 0 spiro atoms. The second kappa shape index (κ2) is 12.1. The molecule has 7 N–H and O–H groups in total. The number of likely N-dealkylation sites (tertiary alicyclic amines) is 1. The molecule has 1 saturated heterocycles. The Morgan fingerprint density at radius 1 is 1.13 bits per heavy atom. The second-order valence-electron chi connectivity index (χ2n) is 9.91. The molecule has 1 aliphatic carbocycles. The third-order valence-electron chi connectivity index (χ3n) is 7.45. The maximum atomic E-state index is 13.2. The first-order chi connectivity index (χ1) is 18.3. The summed E-state index contributed by atoms with van der Waals surface area (Å²) in [7, 11) is 1.91. The van der Waals surface area contributed by atoms with Crippen LogP contribution >= 0.6 is 0 Å². The summed E-state index contributed by atoms with van der Waals surface area (Å²) in [6, 6.07) is 15.3. The van der Waals surface area contributed by atoms with E-state index in [1.54, 1.807) is 11.1 Å². The highest BCUT2D eigenvalue weighted by molar-refractivity contribution is 6.17. The minimum atomic E-state index is -0.679. The zero-order valence-electron chi connectivity index (χ0n) is 21.6. The molecule has 0 bridgehead atoms. The van der Waals surface area contributed by atoms with Gasteiger partial charge in [-0.15, -0.1) is 0 Å². The van der Waals surface area contributed by atoms with E-state index in [9.17, 15) is 14.0 Å². The van der Waals surface area contributed by atoms with E-state index in [0.717, 1.165) is 31.4 Å². The van der Waals surface area contributed by atoms with Gasteiger partial charge in [-0.05, 0) is 74.5 Å². The molecule has 2 aromatic rings. The standard InChI is InChI=1S/C28H35FN6O3/c1-32-16-21-15-28(21,33-17-24(26(31)36)25(30)34-23-9-7-22(29)8-10-23)20-11-13-35(14-12-20)27(37)38-18-19-5-3-2-4-6-19/h2-10,17,20-21,32-33H,11-16,18H2,1H3,(H2,30,34)(H2,31,36)/p+1/b24-17+/t21-,28+/m1/s1. The Labute approximate surface area is 222 Å². The van der Waals surface area contributed by atoms with Crippen LogP contribution in [0.25, 0.3) is 0 Å². The lowest BCUT2D eigenvalue weighted by Gasteiger charge is -2.37. The van der Waals surface area contributed by atoms with E-state index < -0.39 is 5.91 Å². The van der Waals surface area contributed by atoms with Crippen LogP contribution in [-0.4, -0.2) is 55.0 Å². The Hall–Kier alpha value is -3.92. The van der Waals surface area contributed by atoms with Crippen LogP contribution in [-0.2, 0) is 16.1 Å². The van der Waals surface area contributed by atoms with Crippen molar-refractivity contribution in [2.45, 2.75) is 31.4 Å². The molecule has 10 heteroatoms. The summed E-state index contributed by atoms with van der Waals surface area (Å²) >= 11 is 0. The number of hydrogen-bond donors (Lipinski definition) is 5. The summed E-state index contributed by atoms with van der Waals surface area (Å²) < 4.78 is 18.7. The monoisotopic (exact) mass is 523 g/mol. The average molecular weight is 524 g/mol. The number of piperidine rings is 1. The number of carbonyl (C=O) groups is 2. The molecule has 202 valence electrons. The van der Waals surface area contributed by atoms with Crippen molar-refractivity contribution in [3.05, 3.63) is 77.8 Å². The molecule has 2 aliphatic rings. The molecule has 1 heterocycles. The lowest BCUT2D eigenvalue weighted by molar-refractivity contribution is -0.354. The zero-order valence-corrected chi connectivity index (χ0v) is 21.6. The minimum absolute atomic E-state index is 0.0774. The third-order valence-corrected chi connectivity index (χ3v) is 7.45. The van der Waals surface area contributed by atoms with Crippen LogP contribution in [0.15, 0.2) is 66.4 Å². The predicted molar refractivity (Wildman–Crippen MR) is 142 cm³/mol. The van der Waals surface area contributed by atoms with E-state index >= 15 is 0 Å². The second-order valence-corrected chi connectivity index (χ2v) is 9.91. The van der Waals surface area contributed by atoms with Gasteiger partial charge in [0.05, 0.1) is 0 Å². The van der Waals surface area contributed by atoms with Crippen molar-refractivity contribution in [1.29, 1.82) is 0 Å². The molecule has 9 nitrogen and oxygen atoms in total. The first-order valence-electron chi connectivity index (χ1n) is 12.9. The highest BCUT2D eigenvalue weighted by Crippen LogP contribution is 2.52. The first kappa shape index (κ1) is 27.1. The smallest absolute Gasteiger partial charge is 0.410 e. The number of ether oxygens (including phenoxy) is 1. The SMILES string of the molecule is CNC[C@H]1C[C@]1(N/C=C(/C(N)=O)C(N)=[NH+]c1ccc(F)cc1)C1CCN(C(=O)OCc2ccccc2)CC1. The van der Waals surface area contributed by atoms with Gasteiger partial charge in [-0.25, -0.2) is 14.2 Å². The molecule has 0 aromatic heterocycles. The zero-order chi connectivity index (χ0) is 27.1. The number of hydrogen-bond acceptors (Lipinski definition) is 5. The lowest BCUT2D eigenvalue weighted by Crippen LogP contribution is -2.70. The maximum absolute atomic E-state index is 13.2. The number of benzene rings is 2. The number of nitrogens with one attached hydrogen (secondary N) is 3. The van der Waals surface area contributed by atoms with Crippen LogP contribution in [0.3, 0.4) is 0 Å². The van der Waals surface area contributed by atoms with Gasteiger partial charge in [-0.3, -0.25) is 10.5 Å². The normalized spacial score (nSPS) is 22.2. The third kappa shape index (κ3) is 6.49. The van der Waals surface area contributed by atoms with Crippen molar-refractivity contribution < 1.29 is 23.7 Å². The molecule has 0 unspecified atom stereocenters. The molecule has 0 radical (unpaired) electrons. The molecular weight excluding hydrogens is 487 g/mol. The van der Waals surface area contributed by atoms with Crippen molar-refractivity contribution in [3.63, 3.8) is 0 Å². The number of amides is 2. The van der Waals surface area contributed by atoms with Gasteiger partial charge in [-0.2, -0.15) is 0 Å². The fourth-order valence-corrected chi connectivity index (χ4v) is 5.28. The van der Waals surface area contributed by atoms with Crippen molar-refractivity contribution >= 4 is 23.5 Å². The molecule has 1 saturated carbocycles. The Kier molecular flexibility index (Phi) is 8.62. The van der Waals surface area contributed by atoms with Crippen LogP contribution in [0.1, 0.15) is 24.8 Å². The van der Waals surface area contributed by atoms with Crippen molar-refractivity contribution in [2.75, 3.05) is 26.7 Å². The fourth-order valence-electron chi connectivity index (χ4n) is 5.28.